The minimum Gasteiger partial charge on any atom is -0.462 e. The molecular formula is C28H24ClN3O2S2. The Morgan fingerprint density at radius 3 is 2.33 bits per heavy atom. The van der Waals surface area contributed by atoms with Crippen molar-refractivity contribution in [2.75, 3.05) is 11.9 Å². The minimum atomic E-state index is -0.383. The number of halogens is 1. The Morgan fingerprint density at radius 1 is 0.972 bits per heavy atom. The zero-order valence-corrected chi connectivity index (χ0v) is 22.4. The van der Waals surface area contributed by atoms with Crippen LogP contribution in [0.2, 0.25) is 5.02 Å². The van der Waals surface area contributed by atoms with Crippen molar-refractivity contribution in [3.8, 4) is 22.3 Å². The van der Waals surface area contributed by atoms with Crippen molar-refractivity contribution >= 4 is 61.3 Å². The molecule has 182 valence electrons. The summed E-state index contributed by atoms with van der Waals surface area (Å²) in [7, 11) is 0. The monoisotopic (exact) mass is 533 g/mol. The first kappa shape index (κ1) is 24.4. The Hall–Kier alpha value is -3.26. The van der Waals surface area contributed by atoms with E-state index in [2.05, 4.69) is 58.8 Å². The summed E-state index contributed by atoms with van der Waals surface area (Å²) in [5.74, 6) is 0.736. The normalized spacial score (nSPS) is 11.2. The van der Waals surface area contributed by atoms with Crippen LogP contribution < -0.4 is 5.32 Å². The fraction of sp³-hybridized carbons (Fsp3) is 0.179. The smallest absolute Gasteiger partial charge is 0.341 e. The van der Waals surface area contributed by atoms with Gasteiger partial charge in [-0.05, 0) is 41.7 Å². The van der Waals surface area contributed by atoms with Crippen molar-refractivity contribution in [1.29, 1.82) is 0 Å². The first-order valence-electron chi connectivity index (χ1n) is 11.6. The molecule has 36 heavy (non-hydrogen) atoms. The standard InChI is InChI=1S/C28H24ClN3O2S2/c1-4-34-28(33)24-22(19-9-11-20(29)12-10-19)14-36-27(24)32-25-23-21(13-35-26(23)31-15-30-25)18-7-5-17(6-8-18)16(2)3/h5-16H,4H2,1-3H3,(H,30,31,32). The number of anilines is 2. The molecule has 5 aromatic rings. The molecule has 0 aliphatic rings. The molecule has 0 saturated heterocycles. The van der Waals surface area contributed by atoms with Crippen molar-refractivity contribution in [3.05, 3.63) is 81.8 Å². The fourth-order valence-corrected chi connectivity index (χ4v) is 6.03. The molecule has 0 unspecified atom stereocenters. The molecule has 5 rings (SSSR count). The van der Waals surface area contributed by atoms with Crippen LogP contribution in [0.25, 0.3) is 32.5 Å². The topological polar surface area (TPSA) is 64.1 Å². The molecule has 3 heterocycles. The van der Waals surface area contributed by atoms with Crippen LogP contribution in [0, 0.1) is 0 Å². The largest absolute Gasteiger partial charge is 0.462 e. The maximum absolute atomic E-state index is 13.1. The lowest BCUT2D eigenvalue weighted by atomic mass is 9.99. The summed E-state index contributed by atoms with van der Waals surface area (Å²) in [6, 6.07) is 16.0. The Labute approximate surface area is 222 Å². The van der Waals surface area contributed by atoms with E-state index in [0.717, 1.165) is 32.5 Å². The number of esters is 1. The molecule has 2 aromatic carbocycles. The average molecular weight is 534 g/mol. The summed E-state index contributed by atoms with van der Waals surface area (Å²) in [6.45, 7) is 6.46. The second kappa shape index (κ2) is 10.4. The van der Waals surface area contributed by atoms with Gasteiger partial charge in [-0.1, -0.05) is 61.8 Å². The van der Waals surface area contributed by atoms with Crippen LogP contribution in [0.1, 0.15) is 42.6 Å². The molecule has 0 bridgehead atoms. The summed E-state index contributed by atoms with van der Waals surface area (Å²) >= 11 is 9.10. The lowest BCUT2D eigenvalue weighted by Crippen LogP contribution is -2.08. The SMILES string of the molecule is CCOC(=O)c1c(-c2ccc(Cl)cc2)csc1Nc1ncnc2scc(-c3ccc(C(C)C)cc3)c12. The van der Waals surface area contributed by atoms with Crippen molar-refractivity contribution < 1.29 is 9.53 Å². The Bertz CT molecular complexity index is 1520. The van der Waals surface area contributed by atoms with E-state index in [1.54, 1.807) is 24.6 Å². The maximum Gasteiger partial charge on any atom is 0.341 e. The van der Waals surface area contributed by atoms with Crippen LogP contribution in [0.3, 0.4) is 0 Å². The third-order valence-corrected chi connectivity index (χ3v) is 7.95. The molecule has 0 saturated carbocycles. The molecule has 3 aromatic heterocycles. The summed E-state index contributed by atoms with van der Waals surface area (Å²) in [6.07, 6.45) is 1.55. The molecule has 5 nitrogen and oxygen atoms in total. The molecule has 0 spiro atoms. The zero-order chi connectivity index (χ0) is 25.2. The van der Waals surface area contributed by atoms with Gasteiger partial charge >= 0.3 is 5.97 Å². The summed E-state index contributed by atoms with van der Waals surface area (Å²) in [4.78, 5) is 23.0. The number of thiophene rings is 2. The van der Waals surface area contributed by atoms with Crippen LogP contribution >= 0.6 is 34.3 Å². The van der Waals surface area contributed by atoms with E-state index in [-0.39, 0.29) is 12.6 Å². The quantitative estimate of drug-likeness (QED) is 0.212. The van der Waals surface area contributed by atoms with E-state index in [1.807, 2.05) is 29.6 Å². The van der Waals surface area contributed by atoms with Gasteiger partial charge < -0.3 is 10.1 Å². The second-order valence-corrected chi connectivity index (χ2v) is 10.7. The van der Waals surface area contributed by atoms with Gasteiger partial charge in [-0.15, -0.1) is 22.7 Å². The highest BCUT2D eigenvalue weighted by Gasteiger charge is 2.23. The summed E-state index contributed by atoms with van der Waals surface area (Å²) < 4.78 is 5.42. The molecule has 0 aliphatic heterocycles. The second-order valence-electron chi connectivity index (χ2n) is 8.53. The number of rotatable bonds is 7. The van der Waals surface area contributed by atoms with Crippen molar-refractivity contribution in [1.82, 2.24) is 9.97 Å². The Morgan fingerprint density at radius 2 is 1.64 bits per heavy atom. The molecule has 0 aliphatic carbocycles. The van der Waals surface area contributed by atoms with E-state index in [1.165, 1.54) is 16.9 Å². The number of benzene rings is 2. The average Bonchev–Trinajstić information content (AvgIpc) is 3.50. The lowest BCUT2D eigenvalue weighted by Gasteiger charge is -2.11. The van der Waals surface area contributed by atoms with Gasteiger partial charge in [-0.3, -0.25) is 0 Å². The van der Waals surface area contributed by atoms with Crippen LogP contribution in [-0.2, 0) is 4.74 Å². The van der Waals surface area contributed by atoms with E-state index < -0.39 is 0 Å². The van der Waals surface area contributed by atoms with Gasteiger partial charge in [-0.25, -0.2) is 14.8 Å². The predicted molar refractivity (Wildman–Crippen MR) is 151 cm³/mol. The van der Waals surface area contributed by atoms with E-state index in [4.69, 9.17) is 16.3 Å². The number of aromatic nitrogens is 2. The summed E-state index contributed by atoms with van der Waals surface area (Å²) in [5, 5.41) is 9.73. The van der Waals surface area contributed by atoms with E-state index in [0.29, 0.717) is 27.3 Å². The first-order chi connectivity index (χ1) is 17.5. The highest BCUT2D eigenvalue weighted by atomic mass is 35.5. The lowest BCUT2D eigenvalue weighted by molar-refractivity contribution is 0.0529. The van der Waals surface area contributed by atoms with E-state index >= 15 is 0 Å². The van der Waals surface area contributed by atoms with Gasteiger partial charge in [0.2, 0.25) is 0 Å². The van der Waals surface area contributed by atoms with Crippen LogP contribution in [-0.4, -0.2) is 22.5 Å². The number of fused-ring (bicyclic) bond motifs is 1. The predicted octanol–water partition coefficient (Wildman–Crippen LogP) is 8.78. The van der Waals surface area contributed by atoms with Crippen LogP contribution in [0.5, 0.6) is 0 Å². The third kappa shape index (κ3) is 4.74. The molecule has 0 radical (unpaired) electrons. The van der Waals surface area contributed by atoms with Crippen molar-refractivity contribution in [2.45, 2.75) is 26.7 Å². The highest BCUT2D eigenvalue weighted by molar-refractivity contribution is 7.17. The zero-order valence-electron chi connectivity index (χ0n) is 20.0. The van der Waals surface area contributed by atoms with Crippen molar-refractivity contribution in [2.24, 2.45) is 0 Å². The van der Waals surface area contributed by atoms with Gasteiger partial charge in [-0.2, -0.15) is 0 Å². The molecule has 1 N–H and O–H groups in total. The fourth-order valence-electron chi connectivity index (χ4n) is 4.04. The van der Waals surface area contributed by atoms with Gasteiger partial charge in [0.1, 0.15) is 27.5 Å². The molecule has 0 fully saturated rings. The van der Waals surface area contributed by atoms with Crippen LogP contribution in [0.15, 0.2) is 65.6 Å². The number of hydrogen-bond donors (Lipinski definition) is 1. The number of carbonyl (C=O) groups excluding carboxylic acids is 1. The minimum absolute atomic E-state index is 0.285. The number of nitrogens with zero attached hydrogens (tertiary/aromatic N) is 2. The molecule has 0 amide bonds. The van der Waals surface area contributed by atoms with Crippen LogP contribution in [0.4, 0.5) is 10.8 Å². The number of ether oxygens (including phenoxy) is 1. The Balaban J connectivity index is 1.59. The maximum atomic E-state index is 13.1. The third-order valence-electron chi connectivity index (χ3n) is 5.92. The highest BCUT2D eigenvalue weighted by Crippen LogP contribution is 2.42. The number of nitrogens with one attached hydrogen (secondary N) is 1. The summed E-state index contributed by atoms with van der Waals surface area (Å²) in [5.41, 5.74) is 5.61. The van der Waals surface area contributed by atoms with Crippen molar-refractivity contribution in [3.63, 3.8) is 0 Å². The molecule has 8 heteroatoms. The molecule has 0 atom stereocenters. The van der Waals surface area contributed by atoms with Gasteiger partial charge in [0, 0.05) is 26.9 Å². The van der Waals surface area contributed by atoms with E-state index in [9.17, 15) is 4.79 Å². The Kier molecular flexibility index (Phi) is 7.05. The number of hydrogen-bond acceptors (Lipinski definition) is 7. The first-order valence-corrected chi connectivity index (χ1v) is 13.7. The number of carbonyl (C=O) groups is 1. The molecular weight excluding hydrogens is 510 g/mol. The van der Waals surface area contributed by atoms with Gasteiger partial charge in [0.15, 0.2) is 0 Å². The van der Waals surface area contributed by atoms with Gasteiger partial charge in [0.25, 0.3) is 0 Å². The van der Waals surface area contributed by atoms with Gasteiger partial charge in [0.05, 0.1) is 12.0 Å².